The largest absolute Gasteiger partial charge is 0.488 e. The van der Waals surface area contributed by atoms with Crippen molar-refractivity contribution in [1.82, 2.24) is 5.32 Å². The topological polar surface area (TPSA) is 21.3 Å². The molecule has 82 valence electrons. The second-order valence-corrected chi connectivity index (χ2v) is 4.98. The van der Waals surface area contributed by atoms with Crippen molar-refractivity contribution in [3.63, 3.8) is 0 Å². The molecule has 1 aromatic carbocycles. The molecule has 0 radical (unpaired) electrons. The first kappa shape index (κ1) is 11.2. The second-order valence-electron chi connectivity index (χ2n) is 3.66. The van der Waals surface area contributed by atoms with Crippen LogP contribution >= 0.6 is 27.5 Å². The van der Waals surface area contributed by atoms with Crippen molar-refractivity contribution in [2.45, 2.75) is 18.9 Å². The molecule has 1 aromatic rings. The Bertz CT molecular complexity index is 339. The lowest BCUT2D eigenvalue weighted by molar-refractivity contribution is 0.167. The van der Waals surface area contributed by atoms with Crippen LogP contribution in [0.3, 0.4) is 0 Å². The molecule has 1 aliphatic rings. The molecule has 0 unspecified atom stereocenters. The van der Waals surface area contributed by atoms with E-state index in [2.05, 4.69) is 21.2 Å². The lowest BCUT2D eigenvalue weighted by Gasteiger charge is -2.24. The van der Waals surface area contributed by atoms with Crippen LogP contribution in [0.5, 0.6) is 5.75 Å². The van der Waals surface area contributed by atoms with Crippen molar-refractivity contribution in [2.24, 2.45) is 0 Å². The Hall–Kier alpha value is -0.250. The van der Waals surface area contributed by atoms with Gasteiger partial charge >= 0.3 is 0 Å². The highest BCUT2D eigenvalue weighted by atomic mass is 79.9. The van der Waals surface area contributed by atoms with E-state index < -0.39 is 0 Å². The lowest BCUT2D eigenvalue weighted by Crippen LogP contribution is -2.37. The molecule has 2 rings (SSSR count). The van der Waals surface area contributed by atoms with Crippen LogP contribution in [0.1, 0.15) is 12.8 Å². The minimum absolute atomic E-state index is 0.248. The molecule has 0 bridgehead atoms. The number of hydrogen-bond acceptors (Lipinski definition) is 2. The van der Waals surface area contributed by atoms with E-state index in [-0.39, 0.29) is 6.10 Å². The maximum Gasteiger partial charge on any atom is 0.138 e. The van der Waals surface area contributed by atoms with Crippen LogP contribution in [0.25, 0.3) is 0 Å². The average molecular weight is 291 g/mol. The van der Waals surface area contributed by atoms with Crippen LogP contribution in [0.15, 0.2) is 22.7 Å². The van der Waals surface area contributed by atoms with E-state index in [1.54, 1.807) is 0 Å². The van der Waals surface area contributed by atoms with Gasteiger partial charge in [-0.05, 0) is 37.6 Å². The minimum Gasteiger partial charge on any atom is -0.488 e. The Morgan fingerprint density at radius 3 is 3.00 bits per heavy atom. The predicted molar refractivity (Wildman–Crippen MR) is 65.7 cm³/mol. The third kappa shape index (κ3) is 3.10. The first-order chi connectivity index (χ1) is 7.25. The van der Waals surface area contributed by atoms with E-state index in [1.807, 2.05) is 18.2 Å². The van der Waals surface area contributed by atoms with E-state index in [4.69, 9.17) is 16.3 Å². The molecule has 1 fully saturated rings. The van der Waals surface area contributed by atoms with Gasteiger partial charge in [0.05, 0.1) is 5.02 Å². The minimum atomic E-state index is 0.248. The molecule has 1 heterocycles. The van der Waals surface area contributed by atoms with Crippen molar-refractivity contribution < 1.29 is 4.74 Å². The third-order valence-corrected chi connectivity index (χ3v) is 3.23. The van der Waals surface area contributed by atoms with Gasteiger partial charge in [0.25, 0.3) is 0 Å². The molecular formula is C11H13BrClNO. The fourth-order valence-corrected chi connectivity index (χ4v) is 2.39. The summed E-state index contributed by atoms with van der Waals surface area (Å²) in [5.74, 6) is 0.772. The Morgan fingerprint density at radius 1 is 1.47 bits per heavy atom. The van der Waals surface area contributed by atoms with Crippen molar-refractivity contribution in [2.75, 3.05) is 13.1 Å². The van der Waals surface area contributed by atoms with Gasteiger partial charge in [0, 0.05) is 11.0 Å². The van der Waals surface area contributed by atoms with E-state index in [9.17, 15) is 0 Å². The quantitative estimate of drug-likeness (QED) is 0.903. The Labute approximate surface area is 103 Å². The number of piperidine rings is 1. The summed E-state index contributed by atoms with van der Waals surface area (Å²) in [5.41, 5.74) is 0. The van der Waals surface area contributed by atoms with Crippen molar-refractivity contribution in [3.05, 3.63) is 27.7 Å². The molecule has 4 heteroatoms. The lowest BCUT2D eigenvalue weighted by atomic mass is 10.1. The first-order valence-electron chi connectivity index (χ1n) is 5.08. The summed E-state index contributed by atoms with van der Waals surface area (Å²) in [6.07, 6.45) is 2.51. The fourth-order valence-electron chi connectivity index (χ4n) is 1.67. The van der Waals surface area contributed by atoms with Gasteiger partial charge in [0.2, 0.25) is 0 Å². The van der Waals surface area contributed by atoms with Crippen molar-refractivity contribution >= 4 is 27.5 Å². The molecule has 0 spiro atoms. The summed E-state index contributed by atoms with van der Waals surface area (Å²) in [6, 6.07) is 5.70. The SMILES string of the molecule is Clc1cc(Br)ccc1O[C@@H]1CCCNC1. The highest BCUT2D eigenvalue weighted by molar-refractivity contribution is 9.10. The predicted octanol–water partition coefficient (Wildman–Crippen LogP) is 3.23. The number of nitrogens with one attached hydrogen (secondary N) is 1. The third-order valence-electron chi connectivity index (χ3n) is 2.44. The van der Waals surface area contributed by atoms with Crippen LogP contribution in [0.2, 0.25) is 5.02 Å². The van der Waals surface area contributed by atoms with Gasteiger partial charge in [0.1, 0.15) is 11.9 Å². The normalized spacial score (nSPS) is 21.3. The van der Waals surface area contributed by atoms with Gasteiger partial charge in [-0.25, -0.2) is 0 Å². The number of hydrogen-bond donors (Lipinski definition) is 1. The van der Waals surface area contributed by atoms with Crippen molar-refractivity contribution in [3.8, 4) is 5.75 Å². The van der Waals surface area contributed by atoms with Crippen LogP contribution < -0.4 is 10.1 Å². The molecule has 1 atom stereocenters. The van der Waals surface area contributed by atoms with Gasteiger partial charge in [-0.2, -0.15) is 0 Å². The Kier molecular flexibility index (Phi) is 3.89. The zero-order chi connectivity index (χ0) is 10.7. The molecule has 1 saturated heterocycles. The van der Waals surface area contributed by atoms with Gasteiger partial charge in [-0.1, -0.05) is 27.5 Å². The summed E-state index contributed by atoms with van der Waals surface area (Å²) in [5, 5.41) is 3.97. The molecule has 0 saturated carbocycles. The second kappa shape index (κ2) is 5.19. The summed E-state index contributed by atoms with van der Waals surface area (Å²) >= 11 is 9.44. The Balaban J connectivity index is 2.03. The summed E-state index contributed by atoms with van der Waals surface area (Å²) < 4.78 is 6.80. The molecule has 0 aromatic heterocycles. The van der Waals surface area contributed by atoms with E-state index in [0.29, 0.717) is 5.02 Å². The van der Waals surface area contributed by atoms with Crippen LogP contribution in [0.4, 0.5) is 0 Å². The number of ether oxygens (including phenoxy) is 1. The van der Waals surface area contributed by atoms with E-state index in [1.165, 1.54) is 6.42 Å². The summed E-state index contributed by atoms with van der Waals surface area (Å²) in [7, 11) is 0. The zero-order valence-corrected chi connectivity index (χ0v) is 10.6. The summed E-state index contributed by atoms with van der Waals surface area (Å²) in [4.78, 5) is 0. The molecule has 15 heavy (non-hydrogen) atoms. The number of benzene rings is 1. The number of halogens is 2. The van der Waals surface area contributed by atoms with E-state index >= 15 is 0 Å². The smallest absolute Gasteiger partial charge is 0.138 e. The van der Waals surface area contributed by atoms with Gasteiger partial charge in [-0.3, -0.25) is 0 Å². The monoisotopic (exact) mass is 289 g/mol. The average Bonchev–Trinajstić information content (AvgIpc) is 2.24. The molecule has 0 aliphatic carbocycles. The molecule has 2 nitrogen and oxygen atoms in total. The fraction of sp³-hybridized carbons (Fsp3) is 0.455. The van der Waals surface area contributed by atoms with Gasteiger partial charge in [0.15, 0.2) is 0 Å². The maximum absolute atomic E-state index is 6.07. The van der Waals surface area contributed by atoms with Crippen LogP contribution in [-0.2, 0) is 0 Å². The van der Waals surface area contributed by atoms with Gasteiger partial charge < -0.3 is 10.1 Å². The zero-order valence-electron chi connectivity index (χ0n) is 8.30. The van der Waals surface area contributed by atoms with Crippen LogP contribution in [-0.4, -0.2) is 19.2 Å². The highest BCUT2D eigenvalue weighted by Gasteiger charge is 2.15. The van der Waals surface area contributed by atoms with E-state index in [0.717, 1.165) is 29.7 Å². The first-order valence-corrected chi connectivity index (χ1v) is 6.25. The maximum atomic E-state index is 6.07. The molecule has 1 aliphatic heterocycles. The molecular weight excluding hydrogens is 277 g/mol. The molecule has 0 amide bonds. The number of rotatable bonds is 2. The Morgan fingerprint density at radius 2 is 2.33 bits per heavy atom. The standard InChI is InChI=1S/C11H13BrClNO/c12-8-3-4-11(10(13)6-8)15-9-2-1-5-14-7-9/h3-4,6,9,14H,1-2,5,7H2/t9-/m1/s1. The highest BCUT2D eigenvalue weighted by Crippen LogP contribution is 2.29. The summed E-state index contributed by atoms with van der Waals surface area (Å²) in [6.45, 7) is 2.00. The van der Waals surface area contributed by atoms with Crippen molar-refractivity contribution in [1.29, 1.82) is 0 Å². The van der Waals surface area contributed by atoms with Gasteiger partial charge in [-0.15, -0.1) is 0 Å². The molecule has 1 N–H and O–H groups in total. The van der Waals surface area contributed by atoms with Crippen LogP contribution in [0, 0.1) is 0 Å².